The highest BCUT2D eigenvalue weighted by Gasteiger charge is 2.27. The lowest BCUT2D eigenvalue weighted by molar-refractivity contribution is -0.870. The Bertz CT molecular complexity index is 1410. The number of likely N-dealkylation sites (N-methyl/N-ethyl adjacent to an activating group) is 1. The van der Waals surface area contributed by atoms with E-state index >= 15 is 0 Å². The highest BCUT2D eigenvalue weighted by molar-refractivity contribution is 7.45. The first-order valence-corrected chi connectivity index (χ1v) is 34.8. The number of carbonyl (C=O) groups is 2. The number of nitrogens with zero attached hydrogens (tertiary/aromatic N) is 1. The molecule has 0 saturated heterocycles. The number of hydrogen-bond acceptors (Lipinski definition) is 7. The zero-order chi connectivity index (χ0) is 56.4. The van der Waals surface area contributed by atoms with Crippen LogP contribution in [0.2, 0.25) is 0 Å². The van der Waals surface area contributed by atoms with Crippen LogP contribution >= 0.6 is 7.82 Å². The van der Waals surface area contributed by atoms with Gasteiger partial charge >= 0.3 is 5.97 Å². The molecule has 10 heteroatoms. The zero-order valence-corrected chi connectivity index (χ0v) is 52.8. The van der Waals surface area contributed by atoms with E-state index in [4.69, 9.17) is 13.8 Å². The van der Waals surface area contributed by atoms with Crippen LogP contribution in [0.15, 0.2) is 36.5 Å². The van der Waals surface area contributed by atoms with Crippen LogP contribution in [-0.2, 0) is 27.9 Å². The van der Waals surface area contributed by atoms with Crippen LogP contribution in [0.4, 0.5) is 0 Å². The van der Waals surface area contributed by atoms with Crippen molar-refractivity contribution in [1.29, 1.82) is 0 Å². The van der Waals surface area contributed by atoms with Crippen molar-refractivity contribution in [3.05, 3.63) is 36.5 Å². The summed E-state index contributed by atoms with van der Waals surface area (Å²) >= 11 is 0. The minimum absolute atomic E-state index is 0.0206. The predicted molar refractivity (Wildman–Crippen MR) is 330 cm³/mol. The Morgan fingerprint density at radius 1 is 0.455 bits per heavy atom. The fraction of sp³-hybridized carbons (Fsp3) is 0.881. The fourth-order valence-electron chi connectivity index (χ4n) is 9.91. The van der Waals surface area contributed by atoms with E-state index in [1.54, 1.807) is 0 Å². The molecule has 0 aromatic rings. The summed E-state index contributed by atoms with van der Waals surface area (Å²) in [4.78, 5) is 40.1. The van der Waals surface area contributed by atoms with E-state index in [0.717, 1.165) is 77.0 Å². The van der Waals surface area contributed by atoms with Gasteiger partial charge in [-0.3, -0.25) is 14.2 Å². The molecule has 0 spiro atoms. The van der Waals surface area contributed by atoms with Gasteiger partial charge in [-0.05, 0) is 63.9 Å². The van der Waals surface area contributed by atoms with Crippen molar-refractivity contribution in [3.8, 4) is 0 Å². The summed E-state index contributed by atoms with van der Waals surface area (Å²) in [5.74, 6) is -0.528. The van der Waals surface area contributed by atoms with Gasteiger partial charge in [0.05, 0.1) is 33.8 Å². The Kier molecular flexibility index (Phi) is 56.1. The molecule has 0 aliphatic carbocycles. The third kappa shape index (κ3) is 58.7. The predicted octanol–water partition coefficient (Wildman–Crippen LogP) is 20.0. The molecule has 9 nitrogen and oxygen atoms in total. The van der Waals surface area contributed by atoms with E-state index in [-0.39, 0.29) is 31.5 Å². The largest absolute Gasteiger partial charge is 0.756 e. The van der Waals surface area contributed by atoms with Crippen molar-refractivity contribution in [1.82, 2.24) is 5.32 Å². The Morgan fingerprint density at radius 3 is 1.19 bits per heavy atom. The van der Waals surface area contributed by atoms with Crippen molar-refractivity contribution in [2.45, 2.75) is 341 Å². The first-order chi connectivity index (χ1) is 37.4. The Balaban J connectivity index is 5.19. The number of phosphoric acid groups is 1. The first-order valence-electron chi connectivity index (χ1n) is 33.3. The van der Waals surface area contributed by atoms with Gasteiger partial charge in [-0.15, -0.1) is 0 Å². The van der Waals surface area contributed by atoms with Gasteiger partial charge in [0.15, 0.2) is 0 Å². The number of unbranched alkanes of at least 4 members (excludes halogenated alkanes) is 41. The van der Waals surface area contributed by atoms with E-state index in [9.17, 15) is 19.0 Å². The highest BCUT2D eigenvalue weighted by Crippen LogP contribution is 2.38. The minimum atomic E-state index is -4.70. The number of amides is 1. The Hall–Kier alpha value is -1.77. The van der Waals surface area contributed by atoms with Crippen molar-refractivity contribution in [3.63, 3.8) is 0 Å². The van der Waals surface area contributed by atoms with Crippen molar-refractivity contribution >= 4 is 19.7 Å². The van der Waals surface area contributed by atoms with Crippen molar-refractivity contribution < 1.29 is 37.3 Å². The molecule has 0 fully saturated rings. The van der Waals surface area contributed by atoms with Gasteiger partial charge in [-0.2, -0.15) is 0 Å². The number of rotatable bonds is 61. The molecule has 0 aromatic heterocycles. The molecule has 0 aliphatic heterocycles. The third-order valence-electron chi connectivity index (χ3n) is 15.1. The molecule has 77 heavy (non-hydrogen) atoms. The maximum Gasteiger partial charge on any atom is 0.306 e. The summed E-state index contributed by atoms with van der Waals surface area (Å²) in [5.41, 5.74) is 0. The van der Waals surface area contributed by atoms with Gasteiger partial charge in [0, 0.05) is 12.8 Å². The van der Waals surface area contributed by atoms with E-state index in [0.29, 0.717) is 17.4 Å². The molecule has 0 aromatic carbocycles. The molecule has 3 atom stereocenters. The van der Waals surface area contributed by atoms with Gasteiger partial charge in [-0.1, -0.05) is 289 Å². The SMILES string of the molecule is CCCCC/C=C\C/C=C\CCCCCCCCCCCC(=O)NC(COP(=O)([O-])OCC[N+](C)(C)C)C(/C=C/CCCCCCCCCCCCC)OC(=O)CCCCCCCCCCCCCCCCCCCCC. The first kappa shape index (κ1) is 75.2. The second kappa shape index (κ2) is 57.5. The van der Waals surface area contributed by atoms with Crippen molar-refractivity contribution in [2.24, 2.45) is 0 Å². The summed E-state index contributed by atoms with van der Waals surface area (Å²) in [5, 5.41) is 3.04. The van der Waals surface area contributed by atoms with Crippen LogP contribution in [0.3, 0.4) is 0 Å². The van der Waals surface area contributed by atoms with E-state index < -0.39 is 20.0 Å². The lowest BCUT2D eigenvalue weighted by atomic mass is 10.0. The highest BCUT2D eigenvalue weighted by atomic mass is 31.2. The Labute approximate surface area is 478 Å². The molecule has 0 heterocycles. The molecule has 454 valence electrons. The molecule has 1 N–H and O–H groups in total. The molecule has 3 unspecified atom stereocenters. The normalized spacial score (nSPS) is 13.8. The van der Waals surface area contributed by atoms with Crippen LogP contribution in [0.1, 0.15) is 329 Å². The monoisotopic (exact) mass is 1100 g/mol. The number of carbonyl (C=O) groups excluding carboxylic acids is 2. The van der Waals surface area contributed by atoms with Gasteiger partial charge in [0.1, 0.15) is 19.3 Å². The number of allylic oxidation sites excluding steroid dienone is 5. The van der Waals surface area contributed by atoms with Gasteiger partial charge in [-0.25, -0.2) is 0 Å². The molecular formula is C67H129N2O7P. The second-order valence-corrected chi connectivity index (χ2v) is 25.4. The second-order valence-electron chi connectivity index (χ2n) is 24.0. The Morgan fingerprint density at radius 2 is 0.792 bits per heavy atom. The smallest absolute Gasteiger partial charge is 0.306 e. The molecule has 0 radical (unpaired) electrons. The third-order valence-corrected chi connectivity index (χ3v) is 16.0. The number of esters is 1. The average Bonchev–Trinajstić information content (AvgIpc) is 3.39. The molecule has 1 amide bonds. The zero-order valence-electron chi connectivity index (χ0n) is 51.9. The molecule has 0 aliphatic rings. The van der Waals surface area contributed by atoms with Gasteiger partial charge in [0.25, 0.3) is 7.82 Å². The molecule has 0 bridgehead atoms. The summed E-state index contributed by atoms with van der Waals surface area (Å²) < 4.78 is 30.4. The number of phosphoric ester groups is 1. The molecule has 0 rings (SSSR count). The van der Waals surface area contributed by atoms with E-state index in [2.05, 4.69) is 50.4 Å². The van der Waals surface area contributed by atoms with Crippen LogP contribution in [-0.4, -0.2) is 69.4 Å². The lowest BCUT2D eigenvalue weighted by Crippen LogP contribution is -2.47. The van der Waals surface area contributed by atoms with E-state index in [1.165, 1.54) is 218 Å². The lowest BCUT2D eigenvalue weighted by Gasteiger charge is -2.30. The maximum atomic E-state index is 13.6. The number of quaternary nitrogens is 1. The number of hydrogen-bond donors (Lipinski definition) is 1. The number of nitrogens with one attached hydrogen (secondary N) is 1. The van der Waals surface area contributed by atoms with Crippen LogP contribution in [0, 0.1) is 0 Å². The fourth-order valence-corrected chi connectivity index (χ4v) is 10.6. The van der Waals surface area contributed by atoms with Gasteiger partial charge < -0.3 is 28.5 Å². The molecule has 0 saturated carbocycles. The molecular weight excluding hydrogens is 976 g/mol. The van der Waals surface area contributed by atoms with Crippen LogP contribution in [0.25, 0.3) is 0 Å². The summed E-state index contributed by atoms with van der Waals surface area (Å²) in [6.45, 7) is 6.87. The van der Waals surface area contributed by atoms with Crippen molar-refractivity contribution in [2.75, 3.05) is 40.9 Å². The van der Waals surface area contributed by atoms with Gasteiger partial charge in [0.2, 0.25) is 5.91 Å². The van der Waals surface area contributed by atoms with E-state index in [1.807, 2.05) is 33.3 Å². The average molecular weight is 1110 g/mol. The summed E-state index contributed by atoms with van der Waals surface area (Å²) in [7, 11) is 1.20. The maximum absolute atomic E-state index is 13.6. The summed E-state index contributed by atoms with van der Waals surface area (Å²) in [6, 6.07) is -0.887. The van der Waals surface area contributed by atoms with Crippen LogP contribution < -0.4 is 10.2 Å². The standard InChI is InChI=1S/C67H129N2O7P/c1-7-10-13-16-19-22-25-28-30-32-34-36-38-41-44-47-50-53-56-59-66(70)68-64(63-75-77(72,73)74-62-61-69(4,5)6)65(58-55-52-49-46-43-40-27-24-21-18-15-12-9-3)76-67(71)60-57-54-51-48-45-42-39-37-35-33-31-29-26-23-20-17-14-11-8-2/h19,22,28,30,55,58,64-65H,7-18,20-21,23-27,29,31-54,56-57,59-63H2,1-6H3,(H-,68,70,72,73)/b22-19-,30-28-,58-55+. The number of ether oxygens (including phenoxy) is 1. The topological polar surface area (TPSA) is 114 Å². The summed E-state index contributed by atoms with van der Waals surface area (Å²) in [6.07, 6.45) is 69.6. The van der Waals surface area contributed by atoms with Crippen LogP contribution in [0.5, 0.6) is 0 Å². The minimum Gasteiger partial charge on any atom is -0.756 e. The quantitative estimate of drug-likeness (QED) is 0.0212.